The number of nitrogens with one attached hydrogen (secondary N) is 1. The number of amidine groups is 1. The largest absolute Gasteiger partial charge is 0.497 e. The Morgan fingerprint density at radius 2 is 1.92 bits per heavy atom. The van der Waals surface area contributed by atoms with Crippen molar-refractivity contribution < 1.29 is 14.3 Å². The molecular weight excluding hydrogens is 332 g/mol. The van der Waals surface area contributed by atoms with E-state index in [1.807, 2.05) is 30.3 Å². The minimum Gasteiger partial charge on any atom is -0.497 e. The monoisotopic (exact) mass is 352 g/mol. The molecule has 1 aliphatic rings. The van der Waals surface area contributed by atoms with E-state index in [0.29, 0.717) is 17.2 Å². The van der Waals surface area contributed by atoms with E-state index < -0.39 is 5.92 Å². The summed E-state index contributed by atoms with van der Waals surface area (Å²) in [6.45, 7) is 0. The first-order valence-corrected chi connectivity index (χ1v) is 8.02. The molecule has 1 atom stereocenters. The first kappa shape index (κ1) is 17.3. The third-order valence-electron chi connectivity index (χ3n) is 3.93. The fourth-order valence-corrected chi connectivity index (χ4v) is 2.55. The number of rotatable bonds is 5. The van der Waals surface area contributed by atoms with Gasteiger partial charge in [-0.05, 0) is 30.3 Å². The Morgan fingerprint density at radius 1 is 1.15 bits per heavy atom. The zero-order valence-electron chi connectivity index (χ0n) is 14.5. The molecular formula is C19H20N4O3. The molecule has 2 aromatic rings. The van der Waals surface area contributed by atoms with Gasteiger partial charge in [0.05, 0.1) is 25.6 Å². The number of nitrogens with zero attached hydrogens (tertiary/aromatic N) is 2. The molecule has 0 fully saturated rings. The summed E-state index contributed by atoms with van der Waals surface area (Å²) >= 11 is 0. The van der Waals surface area contributed by atoms with Gasteiger partial charge < -0.3 is 20.5 Å². The normalized spacial score (nSPS) is 16.0. The number of hydrazone groups is 1. The van der Waals surface area contributed by atoms with Gasteiger partial charge in [-0.1, -0.05) is 18.2 Å². The van der Waals surface area contributed by atoms with Crippen LogP contribution in [0.5, 0.6) is 11.5 Å². The SMILES string of the molecule is COc1ccc(OC)c(NC(=O)C2C=CN(c3ccccc3)N=C2N)c1. The van der Waals surface area contributed by atoms with Crippen molar-refractivity contribution in [1.82, 2.24) is 0 Å². The lowest BCUT2D eigenvalue weighted by atomic mass is 10.1. The summed E-state index contributed by atoms with van der Waals surface area (Å²) in [4.78, 5) is 12.7. The van der Waals surface area contributed by atoms with Gasteiger partial charge in [0.2, 0.25) is 5.91 Å². The zero-order chi connectivity index (χ0) is 18.5. The number of anilines is 2. The molecule has 0 aliphatic carbocycles. The van der Waals surface area contributed by atoms with Crippen LogP contribution in [0, 0.1) is 5.92 Å². The average Bonchev–Trinajstić information content (AvgIpc) is 2.68. The predicted octanol–water partition coefficient (Wildman–Crippen LogP) is 2.56. The standard InChI is InChI=1S/C19H20N4O3/c1-25-14-8-9-17(26-2)16(12-14)21-19(24)15-10-11-23(22-18(15)20)13-6-4-3-5-7-13/h3-12,15H,1-2H3,(H2,20,22)(H,21,24). The van der Waals surface area contributed by atoms with Crippen molar-refractivity contribution >= 4 is 23.1 Å². The predicted molar refractivity (Wildman–Crippen MR) is 101 cm³/mol. The fourth-order valence-electron chi connectivity index (χ4n) is 2.55. The van der Waals surface area contributed by atoms with Gasteiger partial charge in [-0.3, -0.25) is 4.79 Å². The van der Waals surface area contributed by atoms with Crippen LogP contribution in [-0.4, -0.2) is 26.0 Å². The molecule has 0 saturated carbocycles. The number of carbonyl (C=O) groups is 1. The fraction of sp³-hybridized carbons (Fsp3) is 0.158. The van der Waals surface area contributed by atoms with Crippen molar-refractivity contribution in [3.8, 4) is 11.5 Å². The van der Waals surface area contributed by atoms with Crippen LogP contribution in [0.4, 0.5) is 11.4 Å². The lowest BCUT2D eigenvalue weighted by molar-refractivity contribution is -0.117. The van der Waals surface area contributed by atoms with Gasteiger partial charge in [-0.2, -0.15) is 5.10 Å². The van der Waals surface area contributed by atoms with Gasteiger partial charge in [0.25, 0.3) is 0 Å². The van der Waals surface area contributed by atoms with Crippen LogP contribution in [0.1, 0.15) is 0 Å². The van der Waals surface area contributed by atoms with E-state index in [0.717, 1.165) is 5.69 Å². The van der Waals surface area contributed by atoms with Crippen LogP contribution in [-0.2, 0) is 4.79 Å². The summed E-state index contributed by atoms with van der Waals surface area (Å²) in [5.41, 5.74) is 7.39. The van der Waals surface area contributed by atoms with Crippen LogP contribution < -0.4 is 25.5 Å². The zero-order valence-corrected chi connectivity index (χ0v) is 14.5. The summed E-state index contributed by atoms with van der Waals surface area (Å²) < 4.78 is 10.5. The van der Waals surface area contributed by atoms with Crippen LogP contribution in [0.3, 0.4) is 0 Å². The molecule has 1 unspecified atom stereocenters. The number of methoxy groups -OCH3 is 2. The van der Waals surface area contributed by atoms with E-state index >= 15 is 0 Å². The molecule has 0 spiro atoms. The number of hydrogen-bond donors (Lipinski definition) is 2. The second-order valence-corrected chi connectivity index (χ2v) is 5.58. The summed E-state index contributed by atoms with van der Waals surface area (Å²) in [7, 11) is 3.09. The number of carbonyl (C=O) groups excluding carboxylic acids is 1. The number of amides is 1. The summed E-state index contributed by atoms with van der Waals surface area (Å²) in [5, 5.41) is 8.74. The van der Waals surface area contributed by atoms with Crippen molar-refractivity contribution in [2.75, 3.05) is 24.5 Å². The third kappa shape index (κ3) is 3.61. The second-order valence-electron chi connectivity index (χ2n) is 5.58. The Balaban J connectivity index is 1.77. The molecule has 0 radical (unpaired) electrons. The summed E-state index contributed by atoms with van der Waals surface area (Å²) in [6, 6.07) is 14.7. The molecule has 1 aliphatic heterocycles. The van der Waals surface area contributed by atoms with Crippen molar-refractivity contribution in [1.29, 1.82) is 0 Å². The van der Waals surface area contributed by atoms with E-state index in [4.69, 9.17) is 15.2 Å². The Hall–Kier alpha value is -3.48. The maximum Gasteiger partial charge on any atom is 0.239 e. The highest BCUT2D eigenvalue weighted by atomic mass is 16.5. The van der Waals surface area contributed by atoms with E-state index in [1.165, 1.54) is 7.11 Å². The Kier molecular flexibility index (Phi) is 5.07. The van der Waals surface area contributed by atoms with Crippen LogP contribution >= 0.6 is 0 Å². The average molecular weight is 352 g/mol. The second kappa shape index (κ2) is 7.60. The Bertz CT molecular complexity index is 849. The van der Waals surface area contributed by atoms with Gasteiger partial charge in [0.1, 0.15) is 23.3 Å². The highest BCUT2D eigenvalue weighted by Gasteiger charge is 2.25. The van der Waals surface area contributed by atoms with E-state index in [-0.39, 0.29) is 11.7 Å². The maximum atomic E-state index is 12.7. The highest BCUT2D eigenvalue weighted by Crippen LogP contribution is 2.29. The molecule has 0 saturated heterocycles. The molecule has 3 rings (SSSR count). The van der Waals surface area contributed by atoms with Crippen molar-refractivity contribution in [2.24, 2.45) is 16.8 Å². The first-order chi connectivity index (χ1) is 12.6. The number of para-hydroxylation sites is 1. The minimum atomic E-state index is -0.675. The van der Waals surface area contributed by atoms with E-state index in [2.05, 4.69) is 10.4 Å². The van der Waals surface area contributed by atoms with Crippen LogP contribution in [0.15, 0.2) is 65.9 Å². The molecule has 1 amide bonds. The maximum absolute atomic E-state index is 12.7. The van der Waals surface area contributed by atoms with Crippen molar-refractivity contribution in [2.45, 2.75) is 0 Å². The smallest absolute Gasteiger partial charge is 0.239 e. The molecule has 0 aromatic heterocycles. The molecule has 3 N–H and O–H groups in total. The molecule has 7 nitrogen and oxygen atoms in total. The topological polar surface area (TPSA) is 89.2 Å². The molecule has 1 heterocycles. The first-order valence-electron chi connectivity index (χ1n) is 8.02. The Morgan fingerprint density at radius 3 is 2.58 bits per heavy atom. The van der Waals surface area contributed by atoms with Crippen molar-refractivity contribution in [3.63, 3.8) is 0 Å². The quantitative estimate of drug-likeness (QED) is 0.863. The van der Waals surface area contributed by atoms with Gasteiger partial charge in [-0.15, -0.1) is 0 Å². The van der Waals surface area contributed by atoms with E-state index in [1.54, 1.807) is 42.6 Å². The van der Waals surface area contributed by atoms with Gasteiger partial charge in [0.15, 0.2) is 0 Å². The molecule has 26 heavy (non-hydrogen) atoms. The number of nitrogens with two attached hydrogens (primary N) is 1. The van der Waals surface area contributed by atoms with Crippen LogP contribution in [0.25, 0.3) is 0 Å². The third-order valence-corrected chi connectivity index (χ3v) is 3.93. The summed E-state index contributed by atoms with van der Waals surface area (Å²) in [6.07, 6.45) is 3.43. The van der Waals surface area contributed by atoms with Crippen LogP contribution in [0.2, 0.25) is 0 Å². The molecule has 2 aromatic carbocycles. The van der Waals surface area contributed by atoms with Gasteiger partial charge in [-0.25, -0.2) is 5.01 Å². The lowest BCUT2D eigenvalue weighted by Crippen LogP contribution is -2.37. The van der Waals surface area contributed by atoms with Gasteiger partial charge in [0, 0.05) is 12.3 Å². The molecule has 7 heteroatoms. The lowest BCUT2D eigenvalue weighted by Gasteiger charge is -2.23. The number of benzene rings is 2. The Labute approximate surface area is 151 Å². The molecule has 134 valence electrons. The highest BCUT2D eigenvalue weighted by molar-refractivity contribution is 6.10. The number of ether oxygens (including phenoxy) is 2. The molecule has 0 bridgehead atoms. The summed E-state index contributed by atoms with van der Waals surface area (Å²) in [5.74, 6) is 0.362. The van der Waals surface area contributed by atoms with Crippen molar-refractivity contribution in [3.05, 3.63) is 60.8 Å². The number of hydrogen-bond acceptors (Lipinski definition) is 6. The van der Waals surface area contributed by atoms with E-state index in [9.17, 15) is 4.79 Å². The van der Waals surface area contributed by atoms with Gasteiger partial charge >= 0.3 is 0 Å². The minimum absolute atomic E-state index is 0.204.